The molecule has 0 radical (unpaired) electrons. The van der Waals surface area contributed by atoms with Gasteiger partial charge in [-0.3, -0.25) is 9.80 Å². The second kappa shape index (κ2) is 6.85. The minimum Gasteiger partial charge on any atom is -0.395 e. The summed E-state index contributed by atoms with van der Waals surface area (Å²) in [6.45, 7) is 6.11. The zero-order valence-electron chi connectivity index (χ0n) is 11.5. The summed E-state index contributed by atoms with van der Waals surface area (Å²) in [7, 11) is 0. The zero-order valence-corrected chi connectivity index (χ0v) is 11.5. The third-order valence-corrected chi connectivity index (χ3v) is 4.40. The molecule has 2 fully saturated rings. The molecule has 0 spiro atoms. The van der Waals surface area contributed by atoms with Crippen LogP contribution in [0.25, 0.3) is 0 Å². The van der Waals surface area contributed by atoms with Crippen molar-refractivity contribution in [2.45, 2.75) is 44.1 Å². The first kappa shape index (κ1) is 14.3. The normalized spacial score (nSPS) is 27.0. The molecule has 1 saturated carbocycles. The Labute approximate surface area is 111 Å². The first-order chi connectivity index (χ1) is 8.72. The van der Waals surface area contributed by atoms with Crippen LogP contribution in [0.4, 0.5) is 0 Å². The van der Waals surface area contributed by atoms with Crippen LogP contribution < -0.4 is 0 Å². The fourth-order valence-electron chi connectivity index (χ4n) is 3.33. The van der Waals surface area contributed by atoms with E-state index < -0.39 is 5.60 Å². The van der Waals surface area contributed by atoms with Crippen molar-refractivity contribution in [1.29, 1.82) is 0 Å². The summed E-state index contributed by atoms with van der Waals surface area (Å²) in [5.74, 6) is 0. The van der Waals surface area contributed by atoms with E-state index in [0.29, 0.717) is 0 Å². The Bertz CT molecular complexity index is 242. The molecule has 1 aliphatic carbocycles. The maximum Gasteiger partial charge on any atom is 0.0774 e. The number of aliphatic hydroxyl groups is 2. The lowest BCUT2D eigenvalue weighted by atomic mass is 9.84. The van der Waals surface area contributed by atoms with E-state index in [9.17, 15) is 5.11 Å². The Morgan fingerprint density at radius 3 is 2.22 bits per heavy atom. The summed E-state index contributed by atoms with van der Waals surface area (Å²) in [6, 6.07) is 0. The van der Waals surface area contributed by atoms with E-state index >= 15 is 0 Å². The van der Waals surface area contributed by atoms with Gasteiger partial charge in [0.05, 0.1) is 12.2 Å². The highest BCUT2D eigenvalue weighted by Gasteiger charge is 2.31. The smallest absolute Gasteiger partial charge is 0.0774 e. The van der Waals surface area contributed by atoms with Gasteiger partial charge in [0.2, 0.25) is 0 Å². The summed E-state index contributed by atoms with van der Waals surface area (Å²) in [6.07, 6.45) is 6.75. The molecule has 0 aromatic rings. The molecule has 0 bridgehead atoms. The van der Waals surface area contributed by atoms with Gasteiger partial charge >= 0.3 is 0 Å². The van der Waals surface area contributed by atoms with Crippen molar-refractivity contribution in [2.24, 2.45) is 0 Å². The monoisotopic (exact) mass is 256 g/mol. The fraction of sp³-hybridized carbons (Fsp3) is 1.00. The first-order valence-electron chi connectivity index (χ1n) is 7.50. The molecular weight excluding hydrogens is 228 g/mol. The van der Waals surface area contributed by atoms with E-state index in [4.69, 9.17) is 5.11 Å². The SMILES string of the molecule is OCCN1CCCN(CC2(O)CCCCC2)CC1. The molecule has 2 rings (SSSR count). The molecule has 2 aliphatic rings. The third-order valence-electron chi connectivity index (χ3n) is 4.40. The summed E-state index contributed by atoms with van der Waals surface area (Å²) in [5, 5.41) is 19.6. The predicted molar refractivity (Wildman–Crippen MR) is 72.6 cm³/mol. The van der Waals surface area contributed by atoms with Crippen molar-refractivity contribution in [2.75, 3.05) is 45.9 Å². The van der Waals surface area contributed by atoms with Crippen LogP contribution in [-0.4, -0.2) is 71.5 Å². The average Bonchev–Trinajstić information content (AvgIpc) is 2.56. The lowest BCUT2D eigenvalue weighted by molar-refractivity contribution is -0.0254. The molecule has 4 heteroatoms. The van der Waals surface area contributed by atoms with Crippen molar-refractivity contribution in [3.05, 3.63) is 0 Å². The fourth-order valence-corrected chi connectivity index (χ4v) is 3.33. The van der Waals surface area contributed by atoms with Crippen LogP contribution in [-0.2, 0) is 0 Å². The number of hydrogen-bond donors (Lipinski definition) is 2. The van der Waals surface area contributed by atoms with Crippen LogP contribution in [0, 0.1) is 0 Å². The highest BCUT2D eigenvalue weighted by Crippen LogP contribution is 2.29. The Balaban J connectivity index is 1.79. The molecule has 4 nitrogen and oxygen atoms in total. The minimum absolute atomic E-state index is 0.254. The Morgan fingerprint density at radius 2 is 1.50 bits per heavy atom. The van der Waals surface area contributed by atoms with E-state index in [1.54, 1.807) is 0 Å². The first-order valence-corrected chi connectivity index (χ1v) is 7.50. The summed E-state index contributed by atoms with van der Waals surface area (Å²) < 4.78 is 0. The number of rotatable bonds is 4. The van der Waals surface area contributed by atoms with Gasteiger partial charge in [0, 0.05) is 26.2 Å². The van der Waals surface area contributed by atoms with Gasteiger partial charge in [-0.1, -0.05) is 19.3 Å². The summed E-state index contributed by atoms with van der Waals surface area (Å²) in [4.78, 5) is 4.74. The zero-order chi connectivity index (χ0) is 12.8. The average molecular weight is 256 g/mol. The molecule has 1 aliphatic heterocycles. The van der Waals surface area contributed by atoms with Crippen LogP contribution in [0.2, 0.25) is 0 Å². The highest BCUT2D eigenvalue weighted by atomic mass is 16.3. The molecule has 18 heavy (non-hydrogen) atoms. The molecule has 1 saturated heterocycles. The van der Waals surface area contributed by atoms with E-state index in [0.717, 1.165) is 58.5 Å². The van der Waals surface area contributed by atoms with Crippen molar-refractivity contribution in [3.8, 4) is 0 Å². The quantitative estimate of drug-likeness (QED) is 0.776. The third kappa shape index (κ3) is 4.19. The molecule has 106 valence electrons. The molecule has 1 heterocycles. The van der Waals surface area contributed by atoms with Crippen LogP contribution in [0.5, 0.6) is 0 Å². The van der Waals surface area contributed by atoms with Gasteiger partial charge in [-0.2, -0.15) is 0 Å². The van der Waals surface area contributed by atoms with Gasteiger partial charge < -0.3 is 10.2 Å². The molecular formula is C14H28N2O2. The second-order valence-corrected chi connectivity index (χ2v) is 5.98. The predicted octanol–water partition coefficient (Wildman–Crippen LogP) is 0.682. The molecule has 0 aromatic heterocycles. The van der Waals surface area contributed by atoms with Crippen LogP contribution in [0.1, 0.15) is 38.5 Å². The Morgan fingerprint density at radius 1 is 0.833 bits per heavy atom. The van der Waals surface area contributed by atoms with E-state index in [1.165, 1.54) is 19.3 Å². The molecule has 0 amide bonds. The van der Waals surface area contributed by atoms with Gasteiger partial charge in [0.1, 0.15) is 0 Å². The largest absolute Gasteiger partial charge is 0.395 e. The summed E-state index contributed by atoms with van der Waals surface area (Å²) >= 11 is 0. The van der Waals surface area contributed by atoms with E-state index in [2.05, 4.69) is 9.80 Å². The van der Waals surface area contributed by atoms with E-state index in [1.807, 2.05) is 0 Å². The standard InChI is InChI=1S/C14H28N2O2/c17-12-11-15-7-4-8-16(10-9-15)13-14(18)5-2-1-3-6-14/h17-18H,1-13H2. The lowest BCUT2D eigenvalue weighted by Crippen LogP contribution is -2.45. The molecule has 0 atom stereocenters. The topological polar surface area (TPSA) is 46.9 Å². The van der Waals surface area contributed by atoms with Gasteiger partial charge in [-0.05, 0) is 32.4 Å². The van der Waals surface area contributed by atoms with E-state index in [-0.39, 0.29) is 6.61 Å². The minimum atomic E-state index is -0.426. The maximum absolute atomic E-state index is 10.6. The lowest BCUT2D eigenvalue weighted by Gasteiger charge is -2.36. The summed E-state index contributed by atoms with van der Waals surface area (Å²) in [5.41, 5.74) is -0.426. The van der Waals surface area contributed by atoms with Gasteiger partial charge in [0.15, 0.2) is 0 Å². The van der Waals surface area contributed by atoms with Crippen molar-refractivity contribution in [3.63, 3.8) is 0 Å². The second-order valence-electron chi connectivity index (χ2n) is 5.98. The Hall–Kier alpha value is -0.160. The number of β-amino-alcohol motifs (C(OH)–C–C–N with tert-alkyl or cyclic N) is 2. The Kier molecular flexibility index (Phi) is 5.42. The highest BCUT2D eigenvalue weighted by molar-refractivity contribution is 4.86. The molecule has 2 N–H and O–H groups in total. The van der Waals surface area contributed by atoms with Gasteiger partial charge in [0.25, 0.3) is 0 Å². The maximum atomic E-state index is 10.6. The number of hydrogen-bond acceptors (Lipinski definition) is 4. The van der Waals surface area contributed by atoms with Crippen molar-refractivity contribution in [1.82, 2.24) is 9.80 Å². The van der Waals surface area contributed by atoms with Crippen molar-refractivity contribution >= 4 is 0 Å². The van der Waals surface area contributed by atoms with Crippen LogP contribution in [0.15, 0.2) is 0 Å². The van der Waals surface area contributed by atoms with Gasteiger partial charge in [-0.15, -0.1) is 0 Å². The molecule has 0 unspecified atom stereocenters. The number of nitrogens with zero attached hydrogens (tertiary/aromatic N) is 2. The van der Waals surface area contributed by atoms with Crippen LogP contribution >= 0.6 is 0 Å². The molecule has 0 aromatic carbocycles. The van der Waals surface area contributed by atoms with Crippen LogP contribution in [0.3, 0.4) is 0 Å². The number of aliphatic hydroxyl groups excluding tert-OH is 1. The van der Waals surface area contributed by atoms with Gasteiger partial charge in [-0.25, -0.2) is 0 Å². The van der Waals surface area contributed by atoms with Crippen molar-refractivity contribution < 1.29 is 10.2 Å².